The van der Waals surface area contributed by atoms with Gasteiger partial charge >= 0.3 is 0 Å². The molecule has 0 bridgehead atoms. The van der Waals surface area contributed by atoms with E-state index in [0.717, 1.165) is 12.8 Å². The minimum Gasteiger partial charge on any atom is -0.328 e. The Morgan fingerprint density at radius 3 is 1.83 bits per heavy atom. The van der Waals surface area contributed by atoms with Crippen molar-refractivity contribution >= 4 is 11.3 Å². The van der Waals surface area contributed by atoms with Crippen molar-refractivity contribution in [2.75, 3.05) is 19.8 Å². The van der Waals surface area contributed by atoms with E-state index in [1.165, 1.54) is 49.8 Å². The van der Waals surface area contributed by atoms with Gasteiger partial charge in [0.2, 0.25) is 0 Å². The van der Waals surface area contributed by atoms with Crippen LogP contribution in [0.4, 0.5) is 0 Å². The van der Waals surface area contributed by atoms with Crippen LogP contribution in [0.25, 0.3) is 0 Å². The van der Waals surface area contributed by atoms with Gasteiger partial charge in [-0.2, -0.15) is 0 Å². The van der Waals surface area contributed by atoms with E-state index >= 15 is 0 Å². The van der Waals surface area contributed by atoms with Crippen molar-refractivity contribution in [2.45, 2.75) is 84.5 Å². The van der Waals surface area contributed by atoms with Gasteiger partial charge in [-0.05, 0) is 51.5 Å². The number of ether oxygens (including phenoxy) is 3. The molecule has 0 aliphatic heterocycles. The highest BCUT2D eigenvalue weighted by atomic mass is 32.1. The fourth-order valence-electron chi connectivity index (χ4n) is 2.98. The molecule has 0 saturated heterocycles. The lowest BCUT2D eigenvalue weighted by atomic mass is 10.1. The highest BCUT2D eigenvalue weighted by Gasteiger charge is 2.31. The zero-order valence-electron chi connectivity index (χ0n) is 15.9. The molecular formula is C20H36O3S. The molecule has 0 saturated carbocycles. The van der Waals surface area contributed by atoms with Crippen LogP contribution in [0.15, 0.2) is 17.5 Å². The molecule has 0 fully saturated rings. The summed E-state index contributed by atoms with van der Waals surface area (Å²) >= 11 is 1.88. The molecule has 0 N–H and O–H groups in total. The van der Waals surface area contributed by atoms with E-state index in [-0.39, 0.29) is 0 Å². The van der Waals surface area contributed by atoms with E-state index in [9.17, 15) is 0 Å². The summed E-state index contributed by atoms with van der Waals surface area (Å²) in [6.07, 6.45) is 11.0. The Hall–Kier alpha value is -0.420. The predicted molar refractivity (Wildman–Crippen MR) is 103 cm³/mol. The highest BCUT2D eigenvalue weighted by molar-refractivity contribution is 7.09. The number of aryl methyl sites for hydroxylation is 1. The lowest BCUT2D eigenvalue weighted by molar-refractivity contribution is -0.380. The lowest BCUT2D eigenvalue weighted by Crippen LogP contribution is -2.39. The number of hydrogen-bond acceptors (Lipinski definition) is 4. The lowest BCUT2D eigenvalue weighted by Gasteiger charge is -2.32. The molecule has 24 heavy (non-hydrogen) atoms. The van der Waals surface area contributed by atoms with Crippen LogP contribution in [0, 0.1) is 0 Å². The average Bonchev–Trinajstić information content (AvgIpc) is 3.07. The first-order chi connectivity index (χ1) is 11.8. The van der Waals surface area contributed by atoms with Gasteiger partial charge in [-0.1, -0.05) is 38.2 Å². The molecule has 0 amide bonds. The summed E-state index contributed by atoms with van der Waals surface area (Å²) in [5, 5.41) is 2.17. The fraction of sp³-hybridized carbons (Fsp3) is 0.800. The van der Waals surface area contributed by atoms with Gasteiger partial charge in [-0.25, -0.2) is 0 Å². The van der Waals surface area contributed by atoms with Crippen LogP contribution in [-0.2, 0) is 20.6 Å². The van der Waals surface area contributed by atoms with Crippen LogP contribution in [0.3, 0.4) is 0 Å². The quantitative estimate of drug-likeness (QED) is 0.262. The van der Waals surface area contributed by atoms with Crippen molar-refractivity contribution in [3.05, 3.63) is 22.4 Å². The molecule has 0 spiro atoms. The maximum atomic E-state index is 5.76. The molecule has 0 aliphatic carbocycles. The molecular weight excluding hydrogens is 320 g/mol. The number of rotatable bonds is 16. The Morgan fingerprint density at radius 1 is 0.792 bits per heavy atom. The Morgan fingerprint density at radius 2 is 1.33 bits per heavy atom. The van der Waals surface area contributed by atoms with Gasteiger partial charge in [0.05, 0.1) is 0 Å². The average molecular weight is 357 g/mol. The van der Waals surface area contributed by atoms with E-state index in [0.29, 0.717) is 19.8 Å². The van der Waals surface area contributed by atoms with Crippen molar-refractivity contribution in [3.8, 4) is 0 Å². The Kier molecular flexibility index (Phi) is 12.5. The molecule has 4 heteroatoms. The Bertz CT molecular complexity index is 361. The zero-order valence-corrected chi connectivity index (χ0v) is 16.7. The van der Waals surface area contributed by atoms with E-state index in [4.69, 9.17) is 14.2 Å². The Labute approximate surface area is 152 Å². The van der Waals surface area contributed by atoms with E-state index in [1.54, 1.807) is 0 Å². The first-order valence-corrected chi connectivity index (χ1v) is 10.6. The predicted octanol–water partition coefficient (Wildman–Crippen LogP) is 6.17. The normalized spacial score (nSPS) is 12.0. The summed E-state index contributed by atoms with van der Waals surface area (Å²) in [7, 11) is 0. The van der Waals surface area contributed by atoms with Crippen LogP contribution in [0.1, 0.15) is 77.0 Å². The standard InChI is InChI=1S/C20H36O3S/c1-4-21-20(22-5-2,23-6-3)17-13-11-9-7-8-10-12-15-19-16-14-18-24-19/h14,16,18H,4-13,15,17H2,1-3H3. The summed E-state index contributed by atoms with van der Waals surface area (Å²) in [6, 6.07) is 4.39. The molecule has 0 unspecified atom stereocenters. The van der Waals surface area contributed by atoms with Gasteiger partial charge < -0.3 is 14.2 Å². The molecule has 0 aromatic carbocycles. The Balaban J connectivity index is 2.05. The van der Waals surface area contributed by atoms with E-state index in [2.05, 4.69) is 17.5 Å². The van der Waals surface area contributed by atoms with Crippen molar-refractivity contribution in [1.82, 2.24) is 0 Å². The summed E-state index contributed by atoms with van der Waals surface area (Å²) in [6.45, 7) is 7.81. The van der Waals surface area contributed by atoms with Crippen LogP contribution < -0.4 is 0 Å². The minimum atomic E-state index is -0.820. The summed E-state index contributed by atoms with van der Waals surface area (Å²) < 4.78 is 17.3. The summed E-state index contributed by atoms with van der Waals surface area (Å²) in [4.78, 5) is 1.52. The van der Waals surface area contributed by atoms with E-state index in [1.807, 2.05) is 32.1 Å². The topological polar surface area (TPSA) is 27.7 Å². The maximum absolute atomic E-state index is 5.76. The largest absolute Gasteiger partial charge is 0.328 e. The van der Waals surface area contributed by atoms with Crippen molar-refractivity contribution in [2.24, 2.45) is 0 Å². The molecule has 1 aromatic rings. The first kappa shape index (κ1) is 21.6. The number of thiophene rings is 1. The summed E-state index contributed by atoms with van der Waals surface area (Å²) in [5.74, 6) is -0.820. The molecule has 140 valence electrons. The molecule has 1 rings (SSSR count). The van der Waals surface area contributed by atoms with Gasteiger partial charge in [0.15, 0.2) is 0 Å². The monoisotopic (exact) mass is 356 g/mol. The van der Waals surface area contributed by atoms with Gasteiger partial charge in [-0.15, -0.1) is 11.3 Å². The second-order valence-corrected chi connectivity index (χ2v) is 7.07. The van der Waals surface area contributed by atoms with Gasteiger partial charge in [0, 0.05) is 31.1 Å². The van der Waals surface area contributed by atoms with Crippen LogP contribution in [0.2, 0.25) is 0 Å². The highest BCUT2D eigenvalue weighted by Crippen LogP contribution is 2.24. The van der Waals surface area contributed by atoms with Crippen LogP contribution in [0.5, 0.6) is 0 Å². The summed E-state index contributed by atoms with van der Waals surface area (Å²) in [5.41, 5.74) is 0. The number of hydrogen-bond donors (Lipinski definition) is 0. The molecule has 3 nitrogen and oxygen atoms in total. The third-order valence-corrected chi connectivity index (χ3v) is 5.02. The molecule has 1 aromatic heterocycles. The van der Waals surface area contributed by atoms with Crippen molar-refractivity contribution < 1.29 is 14.2 Å². The minimum absolute atomic E-state index is 0.615. The third kappa shape index (κ3) is 9.16. The maximum Gasteiger partial charge on any atom is 0.282 e. The molecule has 0 radical (unpaired) electrons. The third-order valence-electron chi connectivity index (χ3n) is 4.08. The molecule has 0 atom stereocenters. The van der Waals surface area contributed by atoms with E-state index < -0.39 is 5.97 Å². The molecule has 1 heterocycles. The number of unbranched alkanes of at least 4 members (excludes halogenated alkanes) is 6. The van der Waals surface area contributed by atoms with Gasteiger partial charge in [0.1, 0.15) is 0 Å². The van der Waals surface area contributed by atoms with Crippen molar-refractivity contribution in [1.29, 1.82) is 0 Å². The zero-order chi connectivity index (χ0) is 17.5. The smallest absolute Gasteiger partial charge is 0.282 e. The van der Waals surface area contributed by atoms with Crippen molar-refractivity contribution in [3.63, 3.8) is 0 Å². The second-order valence-electron chi connectivity index (χ2n) is 6.04. The molecule has 0 aliphatic rings. The fourth-order valence-corrected chi connectivity index (χ4v) is 3.73. The van der Waals surface area contributed by atoms with Gasteiger partial charge in [-0.3, -0.25) is 0 Å². The van der Waals surface area contributed by atoms with Crippen LogP contribution in [-0.4, -0.2) is 25.8 Å². The van der Waals surface area contributed by atoms with Crippen LogP contribution >= 0.6 is 11.3 Å². The second kappa shape index (κ2) is 13.8. The van der Waals surface area contributed by atoms with Gasteiger partial charge in [0.25, 0.3) is 5.97 Å². The first-order valence-electron chi connectivity index (χ1n) is 9.70. The SMILES string of the molecule is CCOC(CCCCCCCCCc1cccs1)(OCC)OCC.